The highest BCUT2D eigenvalue weighted by molar-refractivity contribution is 8.00. The van der Waals surface area contributed by atoms with Crippen LogP contribution in [0.3, 0.4) is 0 Å². The number of carbonyl (C=O) groups is 2. The Morgan fingerprint density at radius 1 is 0.970 bits per heavy atom. The number of nitrogens with one attached hydrogen (secondary N) is 2. The van der Waals surface area contributed by atoms with Crippen molar-refractivity contribution in [3.8, 4) is 0 Å². The summed E-state index contributed by atoms with van der Waals surface area (Å²) in [6.07, 6.45) is 7.99. The molecule has 1 saturated carbocycles. The third-order valence-corrected chi connectivity index (χ3v) is 7.71. The summed E-state index contributed by atoms with van der Waals surface area (Å²) in [5.74, 6) is 0.966. The van der Waals surface area contributed by atoms with Crippen molar-refractivity contribution in [2.24, 2.45) is 5.92 Å². The molecule has 1 aliphatic heterocycles. The van der Waals surface area contributed by atoms with E-state index in [1.807, 2.05) is 48.5 Å². The van der Waals surface area contributed by atoms with Gasteiger partial charge in [-0.3, -0.25) is 9.59 Å². The van der Waals surface area contributed by atoms with Crippen molar-refractivity contribution in [1.82, 2.24) is 5.32 Å². The summed E-state index contributed by atoms with van der Waals surface area (Å²) < 4.78 is 0. The first kappa shape index (κ1) is 23.7. The molecule has 176 valence electrons. The molecule has 6 heteroatoms. The van der Waals surface area contributed by atoms with Crippen LogP contribution in [0, 0.1) is 5.92 Å². The van der Waals surface area contributed by atoms with Gasteiger partial charge in [0.15, 0.2) is 0 Å². The van der Waals surface area contributed by atoms with Crippen LogP contribution in [-0.2, 0) is 4.79 Å². The first-order valence-electron chi connectivity index (χ1n) is 12.3. The smallest absolute Gasteiger partial charge is 0.253 e. The average molecular weight is 466 g/mol. The van der Waals surface area contributed by atoms with Crippen LogP contribution >= 0.6 is 11.8 Å². The van der Waals surface area contributed by atoms with Gasteiger partial charge in [0.2, 0.25) is 5.91 Å². The minimum absolute atomic E-state index is 0.0229. The Labute approximate surface area is 201 Å². The lowest BCUT2D eigenvalue weighted by Gasteiger charge is -2.34. The highest BCUT2D eigenvalue weighted by Gasteiger charge is 2.24. The second-order valence-electron chi connectivity index (χ2n) is 9.36. The maximum absolute atomic E-state index is 13.3. The van der Waals surface area contributed by atoms with Crippen molar-refractivity contribution in [2.45, 2.75) is 62.8 Å². The lowest BCUT2D eigenvalue weighted by molar-refractivity contribution is -0.113. The largest absolute Gasteiger partial charge is 0.371 e. The van der Waals surface area contributed by atoms with E-state index in [1.54, 1.807) is 0 Å². The molecule has 0 radical (unpaired) electrons. The molecular formula is C27H35N3O2S. The Bertz CT molecular complexity index is 936. The van der Waals surface area contributed by atoms with E-state index in [2.05, 4.69) is 22.5 Å². The van der Waals surface area contributed by atoms with Gasteiger partial charge in [0.25, 0.3) is 5.91 Å². The van der Waals surface area contributed by atoms with Gasteiger partial charge < -0.3 is 15.5 Å². The van der Waals surface area contributed by atoms with E-state index in [0.29, 0.717) is 17.0 Å². The number of hydrogen-bond donors (Lipinski definition) is 2. The minimum atomic E-state index is -0.0676. The molecule has 5 nitrogen and oxygen atoms in total. The molecule has 4 rings (SSSR count). The number of thioether (sulfide) groups is 1. The highest BCUT2D eigenvalue weighted by atomic mass is 32.2. The molecule has 1 aliphatic carbocycles. The maximum Gasteiger partial charge on any atom is 0.253 e. The summed E-state index contributed by atoms with van der Waals surface area (Å²) in [7, 11) is 0. The summed E-state index contributed by atoms with van der Waals surface area (Å²) in [6.45, 7) is 4.22. The lowest BCUT2D eigenvalue weighted by Crippen LogP contribution is -2.38. The molecule has 0 spiro atoms. The Morgan fingerprint density at radius 2 is 1.70 bits per heavy atom. The van der Waals surface area contributed by atoms with Gasteiger partial charge >= 0.3 is 0 Å². The van der Waals surface area contributed by atoms with Gasteiger partial charge in [-0.15, -0.1) is 11.8 Å². The minimum Gasteiger partial charge on any atom is -0.371 e. The van der Waals surface area contributed by atoms with E-state index in [0.717, 1.165) is 55.3 Å². The van der Waals surface area contributed by atoms with Crippen molar-refractivity contribution in [1.29, 1.82) is 0 Å². The highest BCUT2D eigenvalue weighted by Crippen LogP contribution is 2.29. The molecular weight excluding hydrogens is 430 g/mol. The predicted octanol–water partition coefficient (Wildman–Crippen LogP) is 5.72. The summed E-state index contributed by atoms with van der Waals surface area (Å²) in [5.41, 5.74) is 2.33. The van der Waals surface area contributed by atoms with E-state index in [9.17, 15) is 9.59 Å². The zero-order valence-electron chi connectivity index (χ0n) is 19.5. The second-order valence-corrected chi connectivity index (χ2v) is 10.4. The molecule has 2 N–H and O–H groups in total. The summed E-state index contributed by atoms with van der Waals surface area (Å²) in [6, 6.07) is 15.9. The zero-order chi connectivity index (χ0) is 23.0. The Kier molecular flexibility index (Phi) is 8.32. The zero-order valence-corrected chi connectivity index (χ0v) is 20.3. The van der Waals surface area contributed by atoms with Crippen molar-refractivity contribution in [3.05, 3.63) is 54.1 Å². The first-order valence-corrected chi connectivity index (χ1v) is 13.2. The molecule has 0 unspecified atom stereocenters. The molecule has 2 amide bonds. The molecule has 2 aliphatic rings. The van der Waals surface area contributed by atoms with Crippen molar-refractivity contribution in [2.75, 3.05) is 29.1 Å². The quantitative estimate of drug-likeness (QED) is 0.514. The number of piperidine rings is 1. The predicted molar refractivity (Wildman–Crippen MR) is 137 cm³/mol. The van der Waals surface area contributed by atoms with E-state index in [-0.39, 0.29) is 17.9 Å². The van der Waals surface area contributed by atoms with Crippen LogP contribution < -0.4 is 15.5 Å². The lowest BCUT2D eigenvalue weighted by atomic mass is 9.95. The number of anilines is 2. The van der Waals surface area contributed by atoms with Gasteiger partial charge in [0.1, 0.15) is 0 Å². The van der Waals surface area contributed by atoms with Crippen LogP contribution in [-0.4, -0.2) is 36.7 Å². The van der Waals surface area contributed by atoms with Crippen LogP contribution in [0.2, 0.25) is 0 Å². The molecule has 1 saturated heterocycles. The fourth-order valence-electron chi connectivity index (χ4n) is 4.69. The van der Waals surface area contributed by atoms with Crippen LogP contribution in [0.15, 0.2) is 53.4 Å². The van der Waals surface area contributed by atoms with E-state index in [4.69, 9.17) is 0 Å². The Hall–Kier alpha value is -2.47. The third kappa shape index (κ3) is 6.76. The van der Waals surface area contributed by atoms with Gasteiger partial charge in [-0.25, -0.2) is 0 Å². The summed E-state index contributed by atoms with van der Waals surface area (Å²) in [5, 5.41) is 6.26. The summed E-state index contributed by atoms with van der Waals surface area (Å²) >= 11 is 1.51. The second kappa shape index (κ2) is 11.6. The van der Waals surface area contributed by atoms with E-state index >= 15 is 0 Å². The number of nitrogens with zero attached hydrogens (tertiary/aromatic N) is 1. The first-order chi connectivity index (χ1) is 16.1. The molecule has 33 heavy (non-hydrogen) atoms. The molecule has 2 fully saturated rings. The van der Waals surface area contributed by atoms with Crippen LogP contribution in [0.25, 0.3) is 0 Å². The summed E-state index contributed by atoms with van der Waals surface area (Å²) in [4.78, 5) is 29.3. The Balaban J connectivity index is 1.47. The number of hydrogen-bond acceptors (Lipinski definition) is 4. The van der Waals surface area contributed by atoms with Gasteiger partial charge in [-0.1, -0.05) is 44.4 Å². The number of carbonyl (C=O) groups excluding carboxylic acids is 2. The van der Waals surface area contributed by atoms with E-state index < -0.39 is 0 Å². The fraction of sp³-hybridized carbons (Fsp3) is 0.481. The monoisotopic (exact) mass is 465 g/mol. The average Bonchev–Trinajstić information content (AvgIpc) is 2.84. The van der Waals surface area contributed by atoms with Crippen LogP contribution in [0.4, 0.5) is 11.4 Å². The van der Waals surface area contributed by atoms with Gasteiger partial charge in [-0.2, -0.15) is 0 Å². The molecule has 1 heterocycles. The maximum atomic E-state index is 13.3. The van der Waals surface area contributed by atoms with Gasteiger partial charge in [0.05, 0.1) is 11.3 Å². The van der Waals surface area contributed by atoms with E-state index in [1.165, 1.54) is 31.0 Å². The Morgan fingerprint density at radius 3 is 2.42 bits per heavy atom. The fourth-order valence-corrected chi connectivity index (χ4v) is 5.41. The van der Waals surface area contributed by atoms with Crippen molar-refractivity contribution < 1.29 is 9.59 Å². The number of rotatable bonds is 7. The topological polar surface area (TPSA) is 61.4 Å². The molecule has 2 aromatic rings. The number of amides is 2. The van der Waals surface area contributed by atoms with Crippen molar-refractivity contribution in [3.63, 3.8) is 0 Å². The number of benzene rings is 2. The van der Waals surface area contributed by atoms with Gasteiger partial charge in [-0.05, 0) is 61.9 Å². The van der Waals surface area contributed by atoms with Crippen molar-refractivity contribution >= 4 is 35.0 Å². The van der Waals surface area contributed by atoms with Crippen LogP contribution in [0.5, 0.6) is 0 Å². The molecule has 0 bridgehead atoms. The molecule has 0 atom stereocenters. The SMILES string of the molecule is CC1CCN(c2ccc(NC(=O)CSc3ccccc3)cc2C(=O)NC2CCCCC2)CC1. The van der Waals surface area contributed by atoms with Gasteiger partial charge in [0, 0.05) is 35.4 Å². The molecule has 0 aromatic heterocycles. The normalized spacial score (nSPS) is 17.5. The van der Waals surface area contributed by atoms with Crippen LogP contribution in [0.1, 0.15) is 62.2 Å². The molecule has 2 aromatic carbocycles. The standard InChI is InChI=1S/C27H35N3O2S/c1-20-14-16-30(17-15-20)25-13-12-22(28-26(31)19-33-23-10-6-3-7-11-23)18-24(25)27(32)29-21-8-4-2-5-9-21/h3,6-7,10-13,18,20-21H,2,4-5,8-9,14-17,19H2,1H3,(H,28,31)(H,29,32). The third-order valence-electron chi connectivity index (χ3n) is 6.70.